The zero-order valence-electron chi connectivity index (χ0n) is 17.0. The second-order valence-electron chi connectivity index (χ2n) is 8.12. The highest BCUT2D eigenvalue weighted by Crippen LogP contribution is 2.20. The Hall–Kier alpha value is -2.30. The minimum absolute atomic E-state index is 0.0243. The van der Waals surface area contributed by atoms with Crippen LogP contribution in [0.2, 0.25) is 0 Å². The number of hydrogen-bond donors (Lipinski definition) is 2. The zero-order chi connectivity index (χ0) is 19.8. The monoisotopic (exact) mass is 383 g/mol. The van der Waals surface area contributed by atoms with Crippen molar-refractivity contribution in [1.82, 2.24) is 15.5 Å². The van der Waals surface area contributed by atoms with Gasteiger partial charge >= 0.3 is 6.03 Å². The smallest absolute Gasteiger partial charge is 0.318 e. The first-order valence-corrected chi connectivity index (χ1v) is 10.7. The van der Waals surface area contributed by atoms with Gasteiger partial charge in [0.1, 0.15) is 6.04 Å². The maximum absolute atomic E-state index is 13.2. The molecule has 28 heavy (non-hydrogen) atoms. The molecule has 3 amide bonds. The fourth-order valence-corrected chi connectivity index (χ4v) is 4.20. The summed E-state index contributed by atoms with van der Waals surface area (Å²) < 4.78 is 0. The average Bonchev–Trinajstić information content (AvgIpc) is 2.92. The third-order valence-electron chi connectivity index (χ3n) is 5.71. The minimum Gasteiger partial charge on any atom is -0.354 e. The first-order chi connectivity index (χ1) is 13.6. The predicted molar refractivity (Wildman–Crippen MR) is 113 cm³/mol. The van der Waals surface area contributed by atoms with Gasteiger partial charge in [-0.15, -0.1) is 0 Å². The molecule has 2 aliphatic rings. The highest BCUT2D eigenvalue weighted by Gasteiger charge is 2.32. The molecule has 1 aliphatic heterocycles. The fourth-order valence-electron chi connectivity index (χ4n) is 4.20. The van der Waals surface area contributed by atoms with Crippen molar-refractivity contribution in [2.75, 3.05) is 13.1 Å². The van der Waals surface area contributed by atoms with Gasteiger partial charge in [-0.1, -0.05) is 61.2 Å². The number of urea groups is 1. The molecule has 2 N–H and O–H groups in total. The fraction of sp³-hybridized carbons (Fsp3) is 0.565. The van der Waals surface area contributed by atoms with Crippen molar-refractivity contribution < 1.29 is 9.59 Å². The lowest BCUT2D eigenvalue weighted by Gasteiger charge is -2.33. The molecule has 0 spiro atoms. The van der Waals surface area contributed by atoms with Crippen LogP contribution in [0.3, 0.4) is 0 Å². The summed E-state index contributed by atoms with van der Waals surface area (Å²) in [7, 11) is 0. The molecule has 1 aromatic rings. The number of nitrogens with zero attached hydrogens (tertiary/aromatic N) is 1. The normalized spacial score (nSPS) is 21.5. The lowest BCUT2D eigenvalue weighted by atomic mass is 9.95. The SMILES string of the molecule is C/C(=C\c1ccccc1)CN(C(=O)NC1CCCCC1)C1CCCCNC1=O. The van der Waals surface area contributed by atoms with Gasteiger partial charge < -0.3 is 15.5 Å². The Labute approximate surface area is 168 Å². The van der Waals surface area contributed by atoms with Crippen molar-refractivity contribution in [3.8, 4) is 0 Å². The van der Waals surface area contributed by atoms with Gasteiger partial charge in [0.2, 0.25) is 5.91 Å². The van der Waals surface area contributed by atoms with Crippen molar-refractivity contribution in [1.29, 1.82) is 0 Å². The van der Waals surface area contributed by atoms with Crippen molar-refractivity contribution in [3.63, 3.8) is 0 Å². The molecule has 1 saturated heterocycles. The van der Waals surface area contributed by atoms with Gasteiger partial charge in [0, 0.05) is 19.1 Å². The number of nitrogens with one attached hydrogen (secondary N) is 2. The van der Waals surface area contributed by atoms with E-state index in [9.17, 15) is 9.59 Å². The highest BCUT2D eigenvalue weighted by molar-refractivity contribution is 5.87. The minimum atomic E-state index is -0.398. The van der Waals surface area contributed by atoms with Gasteiger partial charge in [0.25, 0.3) is 0 Å². The van der Waals surface area contributed by atoms with Crippen LogP contribution in [0.5, 0.6) is 0 Å². The predicted octanol–water partition coefficient (Wildman–Crippen LogP) is 4.10. The van der Waals surface area contributed by atoms with Crippen molar-refractivity contribution in [3.05, 3.63) is 41.5 Å². The molecular weight excluding hydrogens is 350 g/mol. The molecule has 3 rings (SSSR count). The Morgan fingerprint density at radius 1 is 1.11 bits per heavy atom. The maximum Gasteiger partial charge on any atom is 0.318 e. The second kappa shape index (κ2) is 10.3. The van der Waals surface area contributed by atoms with Gasteiger partial charge in [-0.2, -0.15) is 0 Å². The van der Waals surface area contributed by atoms with E-state index in [0.717, 1.165) is 43.2 Å². The lowest BCUT2D eigenvalue weighted by Crippen LogP contribution is -2.54. The van der Waals surface area contributed by atoms with Gasteiger partial charge in [-0.25, -0.2) is 4.79 Å². The summed E-state index contributed by atoms with van der Waals surface area (Å²) in [6.45, 7) is 3.19. The molecule has 1 heterocycles. The molecule has 0 bridgehead atoms. The summed E-state index contributed by atoms with van der Waals surface area (Å²) in [6, 6.07) is 9.84. The number of rotatable bonds is 5. The van der Waals surface area contributed by atoms with E-state index in [4.69, 9.17) is 0 Å². The van der Waals surface area contributed by atoms with E-state index in [1.807, 2.05) is 37.3 Å². The largest absolute Gasteiger partial charge is 0.354 e. The summed E-state index contributed by atoms with van der Waals surface area (Å²) in [5.41, 5.74) is 2.18. The highest BCUT2D eigenvalue weighted by atomic mass is 16.2. The number of carbonyl (C=O) groups excluding carboxylic acids is 2. The summed E-state index contributed by atoms with van der Waals surface area (Å²) in [5, 5.41) is 6.18. The van der Waals surface area contributed by atoms with Crippen LogP contribution in [0.25, 0.3) is 6.08 Å². The number of carbonyl (C=O) groups is 2. The van der Waals surface area contributed by atoms with E-state index < -0.39 is 6.04 Å². The Kier molecular flexibility index (Phi) is 7.52. The first-order valence-electron chi connectivity index (χ1n) is 10.7. The third kappa shape index (κ3) is 5.85. The third-order valence-corrected chi connectivity index (χ3v) is 5.71. The molecule has 1 aromatic carbocycles. The molecule has 1 unspecified atom stereocenters. The maximum atomic E-state index is 13.2. The summed E-state index contributed by atoms with van der Waals surface area (Å²) >= 11 is 0. The molecule has 0 radical (unpaired) electrons. The van der Waals surface area contributed by atoms with Crippen molar-refractivity contribution in [2.45, 2.75) is 70.4 Å². The van der Waals surface area contributed by atoms with Crippen LogP contribution in [0.4, 0.5) is 4.79 Å². The van der Waals surface area contributed by atoms with Crippen LogP contribution in [0, 0.1) is 0 Å². The van der Waals surface area contributed by atoms with Gasteiger partial charge in [-0.05, 0) is 44.6 Å². The van der Waals surface area contributed by atoms with Crippen LogP contribution < -0.4 is 10.6 Å². The molecule has 152 valence electrons. The van der Waals surface area contributed by atoms with E-state index in [-0.39, 0.29) is 18.0 Å². The Balaban J connectivity index is 1.75. The molecule has 0 aromatic heterocycles. The van der Waals surface area contributed by atoms with E-state index >= 15 is 0 Å². The van der Waals surface area contributed by atoms with Crippen LogP contribution in [-0.4, -0.2) is 42.0 Å². The van der Waals surface area contributed by atoms with Crippen LogP contribution in [0.15, 0.2) is 35.9 Å². The van der Waals surface area contributed by atoms with Crippen molar-refractivity contribution >= 4 is 18.0 Å². The standard InChI is InChI=1S/C23H33N3O2/c1-18(16-19-10-4-2-5-11-19)17-26(21-14-8-9-15-24-22(21)27)23(28)25-20-12-6-3-7-13-20/h2,4-5,10-11,16,20-21H,3,6-9,12-15,17H2,1H3,(H,24,27)(H,25,28)/b18-16+. The van der Waals surface area contributed by atoms with Gasteiger partial charge in [-0.3, -0.25) is 4.79 Å². The van der Waals surface area contributed by atoms with E-state index in [2.05, 4.69) is 16.7 Å². The van der Waals surface area contributed by atoms with Crippen LogP contribution >= 0.6 is 0 Å². The molecule has 1 saturated carbocycles. The Bertz CT molecular complexity index is 680. The quantitative estimate of drug-likeness (QED) is 0.804. The summed E-state index contributed by atoms with van der Waals surface area (Å²) in [6.07, 6.45) is 10.4. The van der Waals surface area contributed by atoms with Gasteiger partial charge in [0.05, 0.1) is 0 Å². The Morgan fingerprint density at radius 2 is 1.82 bits per heavy atom. The number of amides is 3. The Morgan fingerprint density at radius 3 is 2.57 bits per heavy atom. The first kappa shape index (κ1) is 20.4. The van der Waals surface area contributed by atoms with Crippen molar-refractivity contribution in [2.24, 2.45) is 0 Å². The van der Waals surface area contributed by atoms with E-state index in [1.54, 1.807) is 4.90 Å². The van der Waals surface area contributed by atoms with Crippen LogP contribution in [0.1, 0.15) is 63.9 Å². The summed E-state index contributed by atoms with van der Waals surface area (Å²) in [5.74, 6) is -0.0243. The molecule has 1 aliphatic carbocycles. The van der Waals surface area contributed by atoms with E-state index in [0.29, 0.717) is 13.1 Å². The average molecular weight is 384 g/mol. The molecule has 2 fully saturated rings. The zero-order valence-corrected chi connectivity index (χ0v) is 17.0. The number of benzene rings is 1. The van der Waals surface area contributed by atoms with E-state index in [1.165, 1.54) is 19.3 Å². The van der Waals surface area contributed by atoms with Crippen LogP contribution in [-0.2, 0) is 4.79 Å². The molecule has 1 atom stereocenters. The summed E-state index contributed by atoms with van der Waals surface area (Å²) in [4.78, 5) is 27.6. The lowest BCUT2D eigenvalue weighted by molar-refractivity contribution is -0.125. The topological polar surface area (TPSA) is 61.4 Å². The molecular formula is C23H33N3O2. The number of hydrogen-bond acceptors (Lipinski definition) is 2. The second-order valence-corrected chi connectivity index (χ2v) is 8.12. The molecule has 5 nitrogen and oxygen atoms in total. The molecule has 5 heteroatoms. The van der Waals surface area contributed by atoms with Gasteiger partial charge in [0.15, 0.2) is 0 Å².